The van der Waals surface area contributed by atoms with Crippen molar-refractivity contribution in [1.82, 2.24) is 0 Å². The van der Waals surface area contributed by atoms with E-state index in [2.05, 4.69) is 18.2 Å². The molecule has 3 aliphatic rings. The Morgan fingerprint density at radius 2 is 1.50 bits per heavy atom. The first kappa shape index (κ1) is 16.8. The van der Waals surface area contributed by atoms with Gasteiger partial charge in [0.1, 0.15) is 5.41 Å². The predicted molar refractivity (Wildman–Crippen MR) is 98.7 cm³/mol. The fraction of sp³-hybridized carbons (Fsp3) is 0.364. The van der Waals surface area contributed by atoms with Gasteiger partial charge in [0, 0.05) is 10.8 Å². The molecule has 1 saturated carbocycles. The molecule has 0 atom stereocenters. The third-order valence-electron chi connectivity index (χ3n) is 6.63. The molecule has 1 aromatic carbocycles. The highest BCUT2D eigenvalue weighted by atomic mass is 16.4. The molecular formula is C22H22O4. The number of benzene rings is 1. The van der Waals surface area contributed by atoms with E-state index in [4.69, 9.17) is 5.11 Å². The average Bonchev–Trinajstić information content (AvgIpc) is 3.06. The molecule has 0 aliphatic heterocycles. The second-order valence-electron chi connectivity index (χ2n) is 7.68. The van der Waals surface area contributed by atoms with Crippen molar-refractivity contribution >= 4 is 18.0 Å². The SMILES string of the molecule is O=C(O)c1ccc(C=CC23C=CC(C(=O)O)(C=C2)C32CCCCC2)cc1. The molecule has 26 heavy (non-hydrogen) atoms. The van der Waals surface area contributed by atoms with Gasteiger partial charge in [-0.15, -0.1) is 0 Å². The predicted octanol–water partition coefficient (Wildman–Crippen LogP) is 4.55. The lowest BCUT2D eigenvalue weighted by molar-refractivity contribution is -0.151. The normalized spacial score (nSPS) is 31.1. The first-order chi connectivity index (χ1) is 12.4. The lowest BCUT2D eigenvalue weighted by Crippen LogP contribution is -2.47. The monoisotopic (exact) mass is 350 g/mol. The molecule has 2 N–H and O–H groups in total. The van der Waals surface area contributed by atoms with Gasteiger partial charge in [-0.05, 0) is 30.5 Å². The van der Waals surface area contributed by atoms with Crippen molar-refractivity contribution in [3.63, 3.8) is 0 Å². The van der Waals surface area contributed by atoms with Gasteiger partial charge in [-0.3, -0.25) is 4.79 Å². The van der Waals surface area contributed by atoms with Gasteiger partial charge >= 0.3 is 11.9 Å². The van der Waals surface area contributed by atoms with Gasteiger partial charge < -0.3 is 10.2 Å². The number of carboxylic acid groups (broad SMARTS) is 2. The minimum Gasteiger partial charge on any atom is -0.480 e. The quantitative estimate of drug-likeness (QED) is 0.782. The van der Waals surface area contributed by atoms with Crippen LogP contribution in [-0.4, -0.2) is 22.2 Å². The lowest BCUT2D eigenvalue weighted by Gasteiger charge is -2.48. The van der Waals surface area contributed by atoms with Gasteiger partial charge in [-0.25, -0.2) is 4.79 Å². The zero-order valence-electron chi connectivity index (χ0n) is 14.5. The molecule has 4 nitrogen and oxygen atoms in total. The van der Waals surface area contributed by atoms with Crippen molar-refractivity contribution in [2.75, 3.05) is 0 Å². The summed E-state index contributed by atoms with van der Waals surface area (Å²) in [5.41, 5.74) is -0.420. The number of allylic oxidation sites excluding steroid dienone is 3. The molecule has 134 valence electrons. The molecular weight excluding hydrogens is 328 g/mol. The van der Waals surface area contributed by atoms with E-state index in [0.29, 0.717) is 0 Å². The van der Waals surface area contributed by atoms with Crippen LogP contribution in [0.15, 0.2) is 54.6 Å². The van der Waals surface area contributed by atoms with Crippen LogP contribution in [0.5, 0.6) is 0 Å². The average molecular weight is 350 g/mol. The summed E-state index contributed by atoms with van der Waals surface area (Å²) in [6, 6.07) is 6.75. The number of rotatable bonds is 4. The van der Waals surface area contributed by atoms with E-state index in [9.17, 15) is 14.7 Å². The maximum atomic E-state index is 12.2. The van der Waals surface area contributed by atoms with E-state index in [0.717, 1.165) is 37.7 Å². The number of hydrogen-bond donors (Lipinski definition) is 2. The third kappa shape index (κ3) is 2.08. The second kappa shape index (κ2) is 5.70. The van der Waals surface area contributed by atoms with Crippen LogP contribution in [0.25, 0.3) is 6.08 Å². The minimum atomic E-state index is -0.941. The summed E-state index contributed by atoms with van der Waals surface area (Å²) < 4.78 is 0. The molecule has 0 saturated heterocycles. The molecule has 1 spiro atoms. The summed E-state index contributed by atoms with van der Waals surface area (Å²) >= 11 is 0. The number of hydrogen-bond acceptors (Lipinski definition) is 2. The summed E-state index contributed by atoms with van der Waals surface area (Å²) in [5.74, 6) is -1.70. The summed E-state index contributed by atoms with van der Waals surface area (Å²) in [6.45, 7) is 0. The Hall–Kier alpha value is -2.62. The minimum absolute atomic E-state index is 0.260. The van der Waals surface area contributed by atoms with Crippen LogP contribution in [0.3, 0.4) is 0 Å². The zero-order chi connectivity index (χ0) is 18.4. The van der Waals surface area contributed by atoms with Crippen LogP contribution in [0.2, 0.25) is 0 Å². The summed E-state index contributed by atoms with van der Waals surface area (Å²) in [4.78, 5) is 23.2. The smallest absolute Gasteiger partial charge is 0.335 e. The third-order valence-corrected chi connectivity index (χ3v) is 6.63. The number of aliphatic carboxylic acids is 1. The van der Waals surface area contributed by atoms with Gasteiger partial charge in [-0.1, -0.05) is 67.9 Å². The lowest BCUT2D eigenvalue weighted by atomic mass is 9.53. The van der Waals surface area contributed by atoms with Gasteiger partial charge in [0.25, 0.3) is 0 Å². The fourth-order valence-corrected chi connectivity index (χ4v) is 5.24. The fourth-order valence-electron chi connectivity index (χ4n) is 5.24. The van der Waals surface area contributed by atoms with Crippen molar-refractivity contribution in [2.45, 2.75) is 32.1 Å². The van der Waals surface area contributed by atoms with E-state index in [1.807, 2.05) is 18.2 Å². The number of aromatic carboxylic acids is 1. The van der Waals surface area contributed by atoms with E-state index >= 15 is 0 Å². The van der Waals surface area contributed by atoms with E-state index in [-0.39, 0.29) is 16.4 Å². The molecule has 1 aromatic rings. The number of carbonyl (C=O) groups is 2. The van der Waals surface area contributed by atoms with Crippen LogP contribution < -0.4 is 0 Å². The Balaban J connectivity index is 1.71. The summed E-state index contributed by atoms with van der Waals surface area (Å²) in [6.07, 6.45) is 17.1. The second-order valence-corrected chi connectivity index (χ2v) is 7.68. The first-order valence-electron chi connectivity index (χ1n) is 9.12. The Labute approximate surface area is 152 Å². The molecule has 0 amide bonds. The highest BCUT2D eigenvalue weighted by molar-refractivity contribution is 5.88. The van der Waals surface area contributed by atoms with Gasteiger partial charge in [0.2, 0.25) is 0 Å². The zero-order valence-corrected chi connectivity index (χ0v) is 14.5. The largest absolute Gasteiger partial charge is 0.480 e. The Morgan fingerprint density at radius 3 is 2.04 bits per heavy atom. The topological polar surface area (TPSA) is 74.6 Å². The first-order valence-corrected chi connectivity index (χ1v) is 9.12. The molecule has 4 heteroatoms. The Bertz CT molecular complexity index is 821. The molecule has 3 aliphatic carbocycles. The van der Waals surface area contributed by atoms with E-state index < -0.39 is 17.4 Å². The van der Waals surface area contributed by atoms with Crippen molar-refractivity contribution < 1.29 is 19.8 Å². The van der Waals surface area contributed by atoms with Gasteiger partial charge in [0.05, 0.1) is 5.56 Å². The molecule has 2 bridgehead atoms. The van der Waals surface area contributed by atoms with Gasteiger partial charge in [0.15, 0.2) is 0 Å². The van der Waals surface area contributed by atoms with Gasteiger partial charge in [-0.2, -0.15) is 0 Å². The van der Waals surface area contributed by atoms with Crippen molar-refractivity contribution in [3.8, 4) is 0 Å². The molecule has 4 rings (SSSR count). The van der Waals surface area contributed by atoms with Crippen LogP contribution in [0.4, 0.5) is 0 Å². The highest BCUT2D eigenvalue weighted by Crippen LogP contribution is 2.71. The van der Waals surface area contributed by atoms with Crippen molar-refractivity contribution in [2.24, 2.45) is 16.2 Å². The van der Waals surface area contributed by atoms with Crippen molar-refractivity contribution in [3.05, 3.63) is 65.8 Å². The van der Waals surface area contributed by atoms with E-state index in [1.54, 1.807) is 24.3 Å². The standard InChI is InChI=1S/C22H22O4/c23-18(24)17-6-4-16(5-7-17)8-11-20-12-14-21(15-13-20,19(25)26)22(20)9-2-1-3-10-22/h4-8,11-15H,1-3,9-10H2,(H,23,24)(H,25,26). The van der Waals surface area contributed by atoms with Crippen LogP contribution in [0, 0.1) is 16.2 Å². The maximum absolute atomic E-state index is 12.2. The summed E-state index contributed by atoms with van der Waals surface area (Å²) in [7, 11) is 0. The maximum Gasteiger partial charge on any atom is 0.335 e. The number of carboxylic acids is 2. The molecule has 0 radical (unpaired) electrons. The summed E-state index contributed by atoms with van der Waals surface area (Å²) in [5, 5.41) is 19.0. The Morgan fingerprint density at radius 1 is 0.885 bits per heavy atom. The highest BCUT2D eigenvalue weighted by Gasteiger charge is 2.68. The molecule has 1 fully saturated rings. The Kier molecular flexibility index (Phi) is 3.69. The van der Waals surface area contributed by atoms with E-state index in [1.165, 1.54) is 0 Å². The van der Waals surface area contributed by atoms with Crippen LogP contribution in [-0.2, 0) is 4.79 Å². The molecule has 0 heterocycles. The molecule has 0 aromatic heterocycles. The van der Waals surface area contributed by atoms with Crippen molar-refractivity contribution in [1.29, 1.82) is 0 Å². The molecule has 0 unspecified atom stereocenters. The van der Waals surface area contributed by atoms with Crippen LogP contribution in [0.1, 0.15) is 48.0 Å². The van der Waals surface area contributed by atoms with Crippen LogP contribution >= 0.6 is 0 Å².